The van der Waals surface area contributed by atoms with Crippen molar-refractivity contribution in [1.29, 1.82) is 0 Å². The Morgan fingerprint density at radius 3 is 2.89 bits per heavy atom. The van der Waals surface area contributed by atoms with Crippen LogP contribution in [0.5, 0.6) is 0 Å². The van der Waals surface area contributed by atoms with Crippen molar-refractivity contribution in [2.45, 2.75) is 45.7 Å². The molecule has 1 amide bonds. The molecule has 2 atom stereocenters. The molecule has 2 rings (SSSR count). The molecule has 1 aliphatic rings. The predicted molar refractivity (Wildman–Crippen MR) is 73.5 cm³/mol. The quantitative estimate of drug-likeness (QED) is 0.858. The van der Waals surface area contributed by atoms with E-state index in [1.807, 2.05) is 0 Å². The fourth-order valence-corrected chi connectivity index (χ4v) is 2.55. The first kappa shape index (κ1) is 13.1. The number of hydrogen-bond donors (Lipinski definition) is 2. The maximum atomic E-state index is 11.7. The van der Waals surface area contributed by atoms with E-state index in [-0.39, 0.29) is 18.0 Å². The van der Waals surface area contributed by atoms with E-state index in [4.69, 9.17) is 0 Å². The van der Waals surface area contributed by atoms with Gasteiger partial charge in [-0.2, -0.15) is 0 Å². The Balaban J connectivity index is 2.08. The fraction of sp³-hybridized carbons (Fsp3) is 0.533. The number of benzene rings is 1. The number of rotatable bonds is 3. The van der Waals surface area contributed by atoms with E-state index in [2.05, 4.69) is 49.6 Å². The zero-order chi connectivity index (χ0) is 13.1. The van der Waals surface area contributed by atoms with E-state index in [9.17, 15) is 4.79 Å². The molecule has 1 aromatic rings. The summed E-state index contributed by atoms with van der Waals surface area (Å²) in [6, 6.07) is 6.63. The Morgan fingerprint density at radius 1 is 1.39 bits per heavy atom. The molecule has 0 aliphatic carbocycles. The molecule has 3 nitrogen and oxygen atoms in total. The van der Waals surface area contributed by atoms with Crippen LogP contribution >= 0.6 is 0 Å². The number of hydrogen-bond acceptors (Lipinski definition) is 2. The second-order valence-electron chi connectivity index (χ2n) is 5.23. The molecule has 18 heavy (non-hydrogen) atoms. The third-order valence-corrected chi connectivity index (χ3v) is 3.64. The zero-order valence-electron chi connectivity index (χ0n) is 11.4. The highest BCUT2D eigenvalue weighted by Gasteiger charge is 2.23. The molecule has 1 aliphatic heterocycles. The monoisotopic (exact) mass is 246 g/mol. The van der Waals surface area contributed by atoms with Gasteiger partial charge in [-0.15, -0.1) is 0 Å². The molecule has 0 aromatic heterocycles. The van der Waals surface area contributed by atoms with E-state index in [0.29, 0.717) is 0 Å². The van der Waals surface area contributed by atoms with Crippen LogP contribution < -0.4 is 10.6 Å². The van der Waals surface area contributed by atoms with Crippen molar-refractivity contribution in [2.75, 3.05) is 6.54 Å². The Labute approximate surface area is 109 Å². The molecule has 1 heterocycles. The summed E-state index contributed by atoms with van der Waals surface area (Å²) >= 11 is 0. The van der Waals surface area contributed by atoms with Gasteiger partial charge in [-0.1, -0.05) is 23.8 Å². The molecule has 2 unspecified atom stereocenters. The largest absolute Gasteiger partial charge is 0.355 e. The third-order valence-electron chi connectivity index (χ3n) is 3.64. The molecule has 0 bridgehead atoms. The highest BCUT2D eigenvalue weighted by molar-refractivity contribution is 5.82. The van der Waals surface area contributed by atoms with Crippen LogP contribution in [0.4, 0.5) is 0 Å². The minimum Gasteiger partial charge on any atom is -0.355 e. The van der Waals surface area contributed by atoms with E-state index < -0.39 is 0 Å². The average Bonchev–Trinajstić information content (AvgIpc) is 2.35. The van der Waals surface area contributed by atoms with Gasteiger partial charge in [0.2, 0.25) is 5.91 Å². The van der Waals surface area contributed by atoms with Crippen molar-refractivity contribution in [2.24, 2.45) is 0 Å². The van der Waals surface area contributed by atoms with Crippen LogP contribution in [0.15, 0.2) is 18.2 Å². The van der Waals surface area contributed by atoms with Crippen LogP contribution in [0.25, 0.3) is 0 Å². The van der Waals surface area contributed by atoms with Crippen molar-refractivity contribution in [1.82, 2.24) is 10.6 Å². The van der Waals surface area contributed by atoms with Gasteiger partial charge in [0.05, 0.1) is 6.04 Å². The van der Waals surface area contributed by atoms with Gasteiger partial charge in [-0.25, -0.2) is 0 Å². The summed E-state index contributed by atoms with van der Waals surface area (Å²) in [5.74, 6) is 0.137. The first-order valence-corrected chi connectivity index (χ1v) is 6.69. The number of piperidine rings is 1. The summed E-state index contributed by atoms with van der Waals surface area (Å²) in [6.45, 7) is 7.16. The molecular weight excluding hydrogens is 224 g/mol. The van der Waals surface area contributed by atoms with Gasteiger partial charge in [0.15, 0.2) is 0 Å². The summed E-state index contributed by atoms with van der Waals surface area (Å²) in [5, 5.41) is 6.35. The zero-order valence-corrected chi connectivity index (χ0v) is 11.4. The van der Waals surface area contributed by atoms with Crippen molar-refractivity contribution in [3.8, 4) is 0 Å². The number of aryl methyl sites for hydroxylation is 2. The van der Waals surface area contributed by atoms with E-state index in [0.717, 1.165) is 19.4 Å². The third kappa shape index (κ3) is 2.91. The molecule has 2 N–H and O–H groups in total. The van der Waals surface area contributed by atoms with Gasteiger partial charge < -0.3 is 5.32 Å². The van der Waals surface area contributed by atoms with Crippen molar-refractivity contribution in [3.63, 3.8) is 0 Å². The standard InChI is InChI=1S/C15H22N2O/c1-10-6-7-11(2)13(9-10)12(3)17-14-5-4-8-16-15(14)18/h6-7,9,12,14,17H,4-5,8H2,1-3H3,(H,16,18). The van der Waals surface area contributed by atoms with Gasteiger partial charge in [0.25, 0.3) is 0 Å². The summed E-state index contributed by atoms with van der Waals surface area (Å²) in [7, 11) is 0. The topological polar surface area (TPSA) is 41.1 Å². The van der Waals surface area contributed by atoms with Crippen LogP contribution in [0.1, 0.15) is 42.5 Å². The van der Waals surface area contributed by atoms with Gasteiger partial charge in [0, 0.05) is 12.6 Å². The van der Waals surface area contributed by atoms with Gasteiger partial charge in [-0.3, -0.25) is 10.1 Å². The van der Waals surface area contributed by atoms with Crippen LogP contribution in [-0.2, 0) is 4.79 Å². The van der Waals surface area contributed by atoms with Crippen LogP contribution in [0.2, 0.25) is 0 Å². The van der Waals surface area contributed by atoms with Crippen molar-refractivity contribution >= 4 is 5.91 Å². The molecule has 1 aromatic carbocycles. The molecule has 0 saturated carbocycles. The maximum absolute atomic E-state index is 11.7. The maximum Gasteiger partial charge on any atom is 0.237 e. The molecule has 1 saturated heterocycles. The van der Waals surface area contributed by atoms with E-state index in [1.165, 1.54) is 16.7 Å². The van der Waals surface area contributed by atoms with Gasteiger partial charge in [0.1, 0.15) is 0 Å². The average molecular weight is 246 g/mol. The smallest absolute Gasteiger partial charge is 0.237 e. The lowest BCUT2D eigenvalue weighted by Gasteiger charge is -2.27. The predicted octanol–water partition coefficient (Wildman–Crippen LogP) is 2.23. The lowest BCUT2D eigenvalue weighted by Crippen LogP contribution is -2.48. The minimum absolute atomic E-state index is 0.0475. The Kier molecular flexibility index (Phi) is 4.02. The lowest BCUT2D eigenvalue weighted by atomic mass is 9.98. The van der Waals surface area contributed by atoms with Gasteiger partial charge >= 0.3 is 0 Å². The van der Waals surface area contributed by atoms with Crippen LogP contribution in [0, 0.1) is 13.8 Å². The highest BCUT2D eigenvalue weighted by atomic mass is 16.2. The van der Waals surface area contributed by atoms with Gasteiger partial charge in [-0.05, 0) is 44.7 Å². The summed E-state index contributed by atoms with van der Waals surface area (Å²) in [4.78, 5) is 11.7. The van der Waals surface area contributed by atoms with Crippen LogP contribution in [-0.4, -0.2) is 18.5 Å². The first-order valence-electron chi connectivity index (χ1n) is 6.69. The first-order chi connectivity index (χ1) is 8.58. The SMILES string of the molecule is Cc1ccc(C)c(C(C)NC2CCCNC2=O)c1. The Bertz CT molecular complexity index is 442. The Morgan fingerprint density at radius 2 is 2.17 bits per heavy atom. The number of nitrogens with one attached hydrogen (secondary N) is 2. The number of amides is 1. The normalized spacial score (nSPS) is 21.5. The second-order valence-corrected chi connectivity index (χ2v) is 5.23. The van der Waals surface area contributed by atoms with Crippen molar-refractivity contribution in [3.05, 3.63) is 34.9 Å². The number of carbonyl (C=O) groups is 1. The Hall–Kier alpha value is -1.35. The molecule has 0 radical (unpaired) electrons. The number of carbonyl (C=O) groups excluding carboxylic acids is 1. The summed E-state index contributed by atoms with van der Waals surface area (Å²) in [6.07, 6.45) is 1.99. The summed E-state index contributed by atoms with van der Waals surface area (Å²) < 4.78 is 0. The lowest BCUT2D eigenvalue weighted by molar-refractivity contribution is -0.124. The molecule has 3 heteroatoms. The van der Waals surface area contributed by atoms with Crippen LogP contribution in [0.3, 0.4) is 0 Å². The molecule has 98 valence electrons. The fourth-order valence-electron chi connectivity index (χ4n) is 2.55. The molecular formula is C15H22N2O. The van der Waals surface area contributed by atoms with E-state index in [1.54, 1.807) is 0 Å². The molecule has 0 spiro atoms. The minimum atomic E-state index is -0.0475. The molecule has 1 fully saturated rings. The van der Waals surface area contributed by atoms with E-state index >= 15 is 0 Å². The van der Waals surface area contributed by atoms with Crippen molar-refractivity contribution < 1.29 is 4.79 Å². The second kappa shape index (κ2) is 5.53. The summed E-state index contributed by atoms with van der Waals surface area (Å²) in [5.41, 5.74) is 3.82. The highest BCUT2D eigenvalue weighted by Crippen LogP contribution is 2.20.